The molecular weight excluding hydrogens is 412 g/mol. The maximum Gasteiger partial charge on any atom is 0.241 e. The fourth-order valence-electron chi connectivity index (χ4n) is 5.11. The summed E-state index contributed by atoms with van der Waals surface area (Å²) in [4.78, 5) is 43.6. The molecule has 0 aromatic heterocycles. The summed E-state index contributed by atoms with van der Waals surface area (Å²) in [6, 6.07) is 18.0. The van der Waals surface area contributed by atoms with Crippen LogP contribution in [0.4, 0.5) is 0 Å². The minimum absolute atomic E-state index is 0.00492. The average Bonchev–Trinajstić information content (AvgIpc) is 3.75. The molecule has 33 heavy (non-hydrogen) atoms. The van der Waals surface area contributed by atoms with Crippen molar-refractivity contribution in [1.82, 2.24) is 9.80 Å². The fourth-order valence-corrected chi connectivity index (χ4v) is 5.11. The van der Waals surface area contributed by atoms with Gasteiger partial charge in [0.1, 0.15) is 0 Å². The molecule has 3 fully saturated rings. The number of carbonyl (C=O) groups is 3. The van der Waals surface area contributed by atoms with Crippen LogP contribution in [0.5, 0.6) is 0 Å². The molecule has 1 heterocycles. The Bertz CT molecular complexity index is 1040. The van der Waals surface area contributed by atoms with Gasteiger partial charge in [0.15, 0.2) is 0 Å². The van der Waals surface area contributed by atoms with Gasteiger partial charge in [0.25, 0.3) is 0 Å². The normalized spacial score (nSPS) is 22.6. The lowest BCUT2D eigenvalue weighted by Crippen LogP contribution is -2.44. The first-order valence-electron chi connectivity index (χ1n) is 12.3. The Morgan fingerprint density at radius 1 is 0.970 bits per heavy atom. The first-order chi connectivity index (χ1) is 16.0. The minimum atomic E-state index is -1.10. The molecule has 0 radical (unpaired) electrons. The van der Waals surface area contributed by atoms with Crippen LogP contribution in [-0.2, 0) is 19.8 Å². The summed E-state index contributed by atoms with van der Waals surface area (Å²) >= 11 is 0. The zero-order chi connectivity index (χ0) is 23.0. The Kier molecular flexibility index (Phi) is 5.81. The molecule has 3 aliphatic rings. The van der Waals surface area contributed by atoms with E-state index in [0.29, 0.717) is 12.5 Å². The van der Waals surface area contributed by atoms with Crippen LogP contribution in [-0.4, -0.2) is 46.7 Å². The van der Waals surface area contributed by atoms with Crippen molar-refractivity contribution in [3.8, 4) is 11.1 Å². The monoisotopic (exact) mass is 444 g/mol. The third kappa shape index (κ3) is 4.33. The van der Waals surface area contributed by atoms with Gasteiger partial charge < -0.3 is 4.90 Å². The van der Waals surface area contributed by atoms with Gasteiger partial charge >= 0.3 is 0 Å². The van der Waals surface area contributed by atoms with Crippen LogP contribution in [0.2, 0.25) is 0 Å². The largest absolute Gasteiger partial charge is 0.342 e. The summed E-state index contributed by atoms with van der Waals surface area (Å²) in [5.74, 6) is 0.269. The minimum Gasteiger partial charge on any atom is -0.342 e. The highest BCUT2D eigenvalue weighted by Crippen LogP contribution is 2.45. The molecule has 2 aromatic rings. The molecule has 1 saturated heterocycles. The molecule has 1 aliphatic heterocycles. The zero-order valence-electron chi connectivity index (χ0n) is 19.3. The van der Waals surface area contributed by atoms with Gasteiger partial charge in [0.2, 0.25) is 17.7 Å². The molecule has 0 spiro atoms. The van der Waals surface area contributed by atoms with Crippen molar-refractivity contribution in [2.24, 2.45) is 5.92 Å². The number of benzene rings is 2. The van der Waals surface area contributed by atoms with Crippen molar-refractivity contribution < 1.29 is 14.4 Å². The number of hydrogen-bond donors (Lipinski definition) is 0. The van der Waals surface area contributed by atoms with Crippen LogP contribution >= 0.6 is 0 Å². The number of amides is 3. The molecule has 172 valence electrons. The average molecular weight is 445 g/mol. The van der Waals surface area contributed by atoms with Crippen LogP contribution in [0, 0.1) is 5.92 Å². The van der Waals surface area contributed by atoms with E-state index in [9.17, 15) is 14.4 Å². The molecule has 1 atom stereocenters. The number of nitrogens with zero attached hydrogens (tertiary/aromatic N) is 2. The van der Waals surface area contributed by atoms with Crippen molar-refractivity contribution in [2.75, 3.05) is 13.1 Å². The van der Waals surface area contributed by atoms with Gasteiger partial charge in [-0.05, 0) is 54.7 Å². The molecule has 1 unspecified atom stereocenters. The molecule has 5 nitrogen and oxygen atoms in total. The number of imide groups is 1. The van der Waals surface area contributed by atoms with Gasteiger partial charge in [-0.2, -0.15) is 0 Å². The zero-order valence-corrected chi connectivity index (χ0v) is 19.3. The Morgan fingerprint density at radius 2 is 1.64 bits per heavy atom. The molecule has 2 aliphatic carbocycles. The molecule has 2 aromatic carbocycles. The lowest BCUT2D eigenvalue weighted by Gasteiger charge is -2.31. The highest BCUT2D eigenvalue weighted by atomic mass is 16.2. The Morgan fingerprint density at radius 3 is 2.24 bits per heavy atom. The lowest BCUT2D eigenvalue weighted by atomic mass is 9.75. The standard InChI is InChI=1S/C28H32N2O3/c1-2-16-29(19-20-8-9-20)25(31)17-28(18-26(32)30(27(28)33)24-14-15-24)23-12-10-22(11-13-23)21-6-4-3-5-7-21/h3-7,10-13,20,24H,2,8-9,14-19H2,1H3. The summed E-state index contributed by atoms with van der Waals surface area (Å²) < 4.78 is 0. The smallest absolute Gasteiger partial charge is 0.241 e. The summed E-state index contributed by atoms with van der Waals surface area (Å²) in [5.41, 5.74) is 1.83. The first kappa shape index (κ1) is 21.9. The van der Waals surface area contributed by atoms with Crippen LogP contribution in [0.25, 0.3) is 11.1 Å². The van der Waals surface area contributed by atoms with Gasteiger partial charge in [-0.3, -0.25) is 19.3 Å². The van der Waals surface area contributed by atoms with Gasteiger partial charge in [0.05, 0.1) is 5.41 Å². The van der Waals surface area contributed by atoms with Gasteiger partial charge in [-0.25, -0.2) is 0 Å². The Labute approximate surface area is 195 Å². The van der Waals surface area contributed by atoms with Crippen LogP contribution in [0.1, 0.15) is 57.4 Å². The molecule has 0 N–H and O–H groups in total. The van der Waals surface area contributed by atoms with E-state index in [0.717, 1.165) is 42.5 Å². The van der Waals surface area contributed by atoms with E-state index in [2.05, 4.69) is 6.92 Å². The highest BCUT2D eigenvalue weighted by molar-refractivity contribution is 6.11. The van der Waals surface area contributed by atoms with Crippen LogP contribution in [0.3, 0.4) is 0 Å². The lowest BCUT2D eigenvalue weighted by molar-refractivity contribution is -0.143. The topological polar surface area (TPSA) is 57.7 Å². The van der Waals surface area contributed by atoms with Gasteiger partial charge in [-0.1, -0.05) is 61.5 Å². The predicted molar refractivity (Wildman–Crippen MR) is 127 cm³/mol. The Hall–Kier alpha value is -2.95. The van der Waals surface area contributed by atoms with Crippen LogP contribution < -0.4 is 0 Å². The van der Waals surface area contributed by atoms with Crippen molar-refractivity contribution in [1.29, 1.82) is 0 Å². The third-order valence-electron chi connectivity index (χ3n) is 7.28. The molecular formula is C28H32N2O3. The van der Waals surface area contributed by atoms with E-state index in [4.69, 9.17) is 0 Å². The number of hydrogen-bond acceptors (Lipinski definition) is 3. The number of rotatable bonds is 9. The predicted octanol–water partition coefficient (Wildman–Crippen LogP) is 4.55. The second-order valence-corrected chi connectivity index (χ2v) is 9.96. The maximum atomic E-state index is 13.8. The Balaban J connectivity index is 1.47. The number of likely N-dealkylation sites (tertiary alicyclic amines) is 1. The molecule has 2 saturated carbocycles. The highest BCUT2D eigenvalue weighted by Gasteiger charge is 2.57. The van der Waals surface area contributed by atoms with Crippen LogP contribution in [0.15, 0.2) is 54.6 Å². The van der Waals surface area contributed by atoms with E-state index >= 15 is 0 Å². The SMILES string of the molecule is CCCN(CC1CC1)C(=O)CC1(c2ccc(-c3ccccc3)cc2)CC(=O)N(C2CC2)C1=O. The van der Waals surface area contributed by atoms with Crippen molar-refractivity contribution in [2.45, 2.75) is 63.3 Å². The summed E-state index contributed by atoms with van der Waals surface area (Å²) in [7, 11) is 0. The second kappa shape index (κ2) is 8.77. The first-order valence-corrected chi connectivity index (χ1v) is 12.3. The van der Waals surface area contributed by atoms with Crippen molar-refractivity contribution in [3.63, 3.8) is 0 Å². The molecule has 5 rings (SSSR count). The summed E-state index contributed by atoms with van der Waals surface area (Å²) in [6.07, 6.45) is 5.13. The summed E-state index contributed by atoms with van der Waals surface area (Å²) in [5, 5.41) is 0. The van der Waals surface area contributed by atoms with Gasteiger partial charge in [0, 0.05) is 32.0 Å². The summed E-state index contributed by atoms with van der Waals surface area (Å²) in [6.45, 7) is 3.54. The van der Waals surface area contributed by atoms with Crippen molar-refractivity contribution >= 4 is 17.7 Å². The number of carbonyl (C=O) groups excluding carboxylic acids is 3. The van der Waals surface area contributed by atoms with E-state index in [1.165, 1.54) is 17.7 Å². The van der Waals surface area contributed by atoms with E-state index in [1.54, 1.807) is 0 Å². The fraction of sp³-hybridized carbons (Fsp3) is 0.464. The molecule has 0 bridgehead atoms. The van der Waals surface area contributed by atoms with E-state index in [-0.39, 0.29) is 36.6 Å². The maximum absolute atomic E-state index is 13.8. The molecule has 5 heteroatoms. The second-order valence-electron chi connectivity index (χ2n) is 9.96. The van der Waals surface area contributed by atoms with Gasteiger partial charge in [-0.15, -0.1) is 0 Å². The van der Waals surface area contributed by atoms with E-state index in [1.807, 2.05) is 59.5 Å². The van der Waals surface area contributed by atoms with E-state index < -0.39 is 5.41 Å². The quantitative estimate of drug-likeness (QED) is 0.533. The third-order valence-corrected chi connectivity index (χ3v) is 7.28. The van der Waals surface area contributed by atoms with Crippen molar-refractivity contribution in [3.05, 3.63) is 60.2 Å². The molecule has 3 amide bonds.